The number of aliphatic hydroxyl groups is 1. The van der Waals surface area contributed by atoms with Crippen LogP contribution in [0.15, 0.2) is 24.2 Å². The fourth-order valence-corrected chi connectivity index (χ4v) is 7.72. The van der Waals surface area contributed by atoms with Crippen molar-refractivity contribution in [3.8, 4) is 0 Å². The molecule has 2 fully saturated rings. The summed E-state index contributed by atoms with van der Waals surface area (Å²) in [6.07, 6.45) is 7.82. The van der Waals surface area contributed by atoms with Gasteiger partial charge in [0.25, 0.3) is 5.91 Å². The zero-order valence-electron chi connectivity index (χ0n) is 30.3. The first-order chi connectivity index (χ1) is 23.0. The van der Waals surface area contributed by atoms with Crippen LogP contribution in [0.3, 0.4) is 0 Å². The molecular formula is C36H58N6O6S. The number of nitrogens with zero attached hydrogens (tertiary/aromatic N) is 2. The number of likely N-dealkylation sites (tertiary alicyclic amines) is 1. The number of rotatable bonds is 16. The molecule has 0 radical (unpaired) electrons. The van der Waals surface area contributed by atoms with Gasteiger partial charge in [0.1, 0.15) is 6.04 Å². The molecule has 13 heteroatoms. The molecule has 49 heavy (non-hydrogen) atoms. The van der Waals surface area contributed by atoms with Crippen molar-refractivity contribution in [2.24, 2.45) is 22.7 Å². The van der Waals surface area contributed by atoms with Gasteiger partial charge in [0.2, 0.25) is 23.4 Å². The predicted molar refractivity (Wildman–Crippen MR) is 190 cm³/mol. The molecule has 0 bridgehead atoms. The second-order valence-electron chi connectivity index (χ2n) is 15.6. The zero-order chi connectivity index (χ0) is 36.5. The first kappa shape index (κ1) is 40.4. The molecular weight excluding hydrogens is 644 g/mol. The van der Waals surface area contributed by atoms with Crippen molar-refractivity contribution in [1.82, 2.24) is 31.2 Å². The lowest BCUT2D eigenvalue weighted by Gasteiger charge is -2.40. The Morgan fingerprint density at radius 2 is 1.73 bits per heavy atom. The average molecular weight is 703 g/mol. The van der Waals surface area contributed by atoms with Crippen LogP contribution in [0.5, 0.6) is 0 Å². The van der Waals surface area contributed by atoms with E-state index in [2.05, 4.69) is 32.8 Å². The third kappa shape index (κ3) is 10.7. The van der Waals surface area contributed by atoms with E-state index in [1.165, 1.54) is 17.4 Å². The molecule has 1 aromatic heterocycles. The summed E-state index contributed by atoms with van der Waals surface area (Å²) in [4.78, 5) is 73.5. The van der Waals surface area contributed by atoms with Gasteiger partial charge in [-0.15, -0.1) is 17.9 Å². The number of carbonyl (C=O) groups excluding carboxylic acids is 5. The van der Waals surface area contributed by atoms with Crippen molar-refractivity contribution in [3.63, 3.8) is 0 Å². The first-order valence-electron chi connectivity index (χ1n) is 17.7. The van der Waals surface area contributed by atoms with Gasteiger partial charge in [0, 0.05) is 24.7 Å². The van der Waals surface area contributed by atoms with Crippen molar-refractivity contribution in [2.45, 2.75) is 130 Å². The normalized spacial score (nSPS) is 21.3. The minimum atomic E-state index is -1.40. The molecule has 1 saturated carbocycles. The van der Waals surface area contributed by atoms with Gasteiger partial charge < -0.3 is 20.6 Å². The van der Waals surface area contributed by atoms with Gasteiger partial charge in [-0.3, -0.25) is 34.6 Å². The Morgan fingerprint density at radius 3 is 2.29 bits per heavy atom. The van der Waals surface area contributed by atoms with Crippen molar-refractivity contribution in [1.29, 1.82) is 0 Å². The third-order valence-electron chi connectivity index (χ3n) is 9.72. The number of ketones is 2. The van der Waals surface area contributed by atoms with Crippen LogP contribution in [0.25, 0.3) is 0 Å². The Labute approximate surface area is 295 Å². The fraction of sp³-hybridized carbons (Fsp3) is 0.722. The molecule has 1 aromatic rings. The van der Waals surface area contributed by atoms with Crippen LogP contribution < -0.4 is 21.3 Å². The summed E-state index contributed by atoms with van der Waals surface area (Å²) in [7, 11) is 0. The number of hydrogen-bond donors (Lipinski definition) is 5. The zero-order valence-corrected chi connectivity index (χ0v) is 31.2. The number of hydrogen-bond acceptors (Lipinski definition) is 10. The summed E-state index contributed by atoms with van der Waals surface area (Å²) in [5.74, 6) is -2.82. The van der Waals surface area contributed by atoms with Crippen LogP contribution in [0, 0.1) is 22.7 Å². The van der Waals surface area contributed by atoms with Crippen molar-refractivity contribution >= 4 is 40.6 Å². The van der Waals surface area contributed by atoms with Gasteiger partial charge in [-0.2, -0.15) is 0 Å². The Bertz CT molecular complexity index is 1300. The Kier molecular flexibility index (Phi) is 14.7. The minimum absolute atomic E-state index is 0.0159. The van der Waals surface area contributed by atoms with Crippen LogP contribution in [0.2, 0.25) is 0 Å². The number of thiazole rings is 1. The maximum Gasteiger partial charge on any atom is 0.289 e. The van der Waals surface area contributed by atoms with Crippen LogP contribution >= 0.6 is 11.3 Å². The second kappa shape index (κ2) is 17.8. The summed E-state index contributed by atoms with van der Waals surface area (Å²) >= 11 is 1.26. The highest BCUT2D eigenvalue weighted by atomic mass is 32.1. The van der Waals surface area contributed by atoms with Crippen LogP contribution in [-0.4, -0.2) is 87.9 Å². The summed E-state index contributed by atoms with van der Waals surface area (Å²) < 4.78 is 0. The quantitative estimate of drug-likeness (QED) is 0.0749. The number of aliphatic hydroxyl groups excluding tert-OH is 1. The largest absolute Gasteiger partial charge is 0.365 e. The molecule has 5 N–H and O–H groups in total. The topological polar surface area (TPSA) is 170 Å². The summed E-state index contributed by atoms with van der Waals surface area (Å²) in [5, 5.41) is 25.0. The van der Waals surface area contributed by atoms with Crippen molar-refractivity contribution in [2.75, 3.05) is 13.1 Å². The average Bonchev–Trinajstić information content (AvgIpc) is 3.75. The number of nitrogens with one attached hydrogen (secondary N) is 4. The molecule has 6 atom stereocenters. The summed E-state index contributed by atoms with van der Waals surface area (Å²) in [6.45, 7) is 17.5. The van der Waals surface area contributed by atoms with E-state index in [1.807, 2.05) is 48.5 Å². The lowest BCUT2D eigenvalue weighted by Crippen LogP contribution is -2.63. The molecule has 2 aliphatic rings. The highest BCUT2D eigenvalue weighted by molar-refractivity contribution is 7.11. The van der Waals surface area contributed by atoms with Gasteiger partial charge >= 0.3 is 0 Å². The monoisotopic (exact) mass is 702 g/mol. The van der Waals surface area contributed by atoms with Gasteiger partial charge in [-0.25, -0.2) is 4.98 Å². The summed E-state index contributed by atoms with van der Waals surface area (Å²) in [6, 6.07) is -3.58. The maximum absolute atomic E-state index is 14.5. The van der Waals surface area contributed by atoms with Crippen molar-refractivity contribution < 1.29 is 29.1 Å². The molecule has 1 saturated heterocycles. The third-order valence-corrected chi connectivity index (χ3v) is 10.5. The molecule has 12 nitrogen and oxygen atoms in total. The summed E-state index contributed by atoms with van der Waals surface area (Å²) in [5.41, 5.74) is -1.07. The Morgan fingerprint density at radius 1 is 1.06 bits per heavy atom. The van der Waals surface area contributed by atoms with Crippen LogP contribution in [0.4, 0.5) is 0 Å². The van der Waals surface area contributed by atoms with E-state index >= 15 is 0 Å². The van der Waals surface area contributed by atoms with E-state index in [-0.39, 0.29) is 41.9 Å². The molecule has 3 rings (SSSR count). The lowest BCUT2D eigenvalue weighted by molar-refractivity contribution is -0.146. The molecule has 274 valence electrons. The Hall–Kier alpha value is -3.00. The SMILES string of the molecule is C=CCNC(=O)C(=O)C(CCC)NC(=O)[C@@H]1[C@@H](C(C)(C)C)CCN1C(=O)[C@@H](NC(O)N[C@H](C(=O)c1nccs1)C1CCCCC1)C(C)(C)C. The van der Waals surface area contributed by atoms with Gasteiger partial charge in [-0.05, 0) is 48.3 Å². The maximum atomic E-state index is 14.5. The minimum Gasteiger partial charge on any atom is -0.365 e. The molecule has 0 aromatic carbocycles. The Balaban J connectivity index is 1.87. The molecule has 2 unspecified atom stereocenters. The number of aromatic nitrogens is 1. The first-order valence-corrected chi connectivity index (χ1v) is 18.6. The van der Waals surface area contributed by atoms with Gasteiger partial charge in [0.05, 0.1) is 18.1 Å². The number of amides is 3. The van der Waals surface area contributed by atoms with E-state index in [9.17, 15) is 29.1 Å². The molecule has 3 amide bonds. The van der Waals surface area contributed by atoms with E-state index in [0.29, 0.717) is 24.4 Å². The molecule has 2 heterocycles. The lowest BCUT2D eigenvalue weighted by atomic mass is 9.75. The second-order valence-corrected chi connectivity index (χ2v) is 16.5. The van der Waals surface area contributed by atoms with Crippen molar-refractivity contribution in [3.05, 3.63) is 29.2 Å². The van der Waals surface area contributed by atoms with E-state index in [1.54, 1.807) is 16.5 Å². The van der Waals surface area contributed by atoms with E-state index < -0.39 is 53.5 Å². The van der Waals surface area contributed by atoms with Gasteiger partial charge in [-0.1, -0.05) is 80.2 Å². The fourth-order valence-electron chi connectivity index (χ4n) is 7.10. The van der Waals surface area contributed by atoms with Gasteiger partial charge in [0.15, 0.2) is 11.4 Å². The smallest absolute Gasteiger partial charge is 0.289 e. The molecule has 0 spiro atoms. The van der Waals surface area contributed by atoms with Crippen LogP contribution in [-0.2, 0) is 19.2 Å². The molecule has 1 aliphatic carbocycles. The van der Waals surface area contributed by atoms with Crippen LogP contribution in [0.1, 0.15) is 110 Å². The predicted octanol–water partition coefficient (Wildman–Crippen LogP) is 3.56. The standard InChI is InChI=1S/C36H58N6O6S/c1-9-14-24(27(43)31(46)37-18-10-2)39-30(45)26-23(35(3,4)5)17-20-42(26)33(47)29(36(6,7)8)41-34(48)40-25(22-15-12-11-13-16-22)28(44)32-38-19-21-49-32/h10,19,21-26,29,34,40-41,48H,2,9,11-18,20H2,1,3-8H3,(H,37,46)(H,39,45)/t23-,24?,25-,26-,29+,34?/m0/s1. The molecule has 1 aliphatic heterocycles. The highest BCUT2D eigenvalue weighted by Gasteiger charge is 2.50. The van der Waals surface area contributed by atoms with E-state index in [4.69, 9.17) is 0 Å². The number of Topliss-reactive ketones (excluding diaryl/α,β-unsaturated/α-hetero) is 2. The number of carbonyl (C=O) groups is 5. The highest BCUT2D eigenvalue weighted by Crippen LogP contribution is 2.40. The van der Waals surface area contributed by atoms with E-state index in [0.717, 1.165) is 32.1 Å².